The van der Waals surface area contributed by atoms with Crippen LogP contribution < -0.4 is 0 Å². The lowest BCUT2D eigenvalue weighted by Crippen LogP contribution is -1.82. The van der Waals surface area contributed by atoms with Crippen molar-refractivity contribution in [3.8, 4) is 6.07 Å². The lowest BCUT2D eigenvalue weighted by molar-refractivity contribution is 1.25. The highest BCUT2D eigenvalue weighted by atomic mass is 32.2. The predicted octanol–water partition coefficient (Wildman–Crippen LogP) is 4.33. The van der Waals surface area contributed by atoms with Crippen LogP contribution in [-0.4, -0.2) is 0 Å². The van der Waals surface area contributed by atoms with Crippen LogP contribution in [-0.2, 0) is 0 Å². The second-order valence-corrected chi connectivity index (χ2v) is 5.13. The van der Waals surface area contributed by atoms with E-state index in [1.54, 1.807) is 11.8 Å². The third-order valence-corrected chi connectivity index (χ3v) is 3.68. The van der Waals surface area contributed by atoms with E-state index in [2.05, 4.69) is 38.1 Å². The average Bonchev–Trinajstić information content (AvgIpc) is 2.34. The Kier molecular flexibility index (Phi) is 3.51. The zero-order valence-corrected chi connectivity index (χ0v) is 10.7. The summed E-state index contributed by atoms with van der Waals surface area (Å²) in [7, 11) is 0. The molecule has 0 atom stereocenters. The van der Waals surface area contributed by atoms with E-state index in [1.807, 2.05) is 24.3 Å². The summed E-state index contributed by atoms with van der Waals surface area (Å²) in [6.07, 6.45) is 0. The summed E-state index contributed by atoms with van der Waals surface area (Å²) >= 11 is 1.71. The molecule has 0 aliphatic rings. The molecule has 2 aromatic carbocycles. The SMILES string of the molecule is Cc1ccc(C)c(Sc2cccc(C#N)c2)c1. The van der Waals surface area contributed by atoms with Crippen LogP contribution in [0.4, 0.5) is 0 Å². The fourth-order valence-electron chi connectivity index (χ4n) is 1.57. The normalized spacial score (nSPS) is 9.94. The maximum atomic E-state index is 8.87. The Morgan fingerprint density at radius 2 is 1.88 bits per heavy atom. The van der Waals surface area contributed by atoms with Gasteiger partial charge in [-0.15, -0.1) is 0 Å². The van der Waals surface area contributed by atoms with Crippen LogP contribution in [0.25, 0.3) is 0 Å². The molecule has 2 rings (SSSR count). The van der Waals surface area contributed by atoms with E-state index in [0.717, 1.165) is 4.90 Å². The molecule has 0 bridgehead atoms. The molecule has 17 heavy (non-hydrogen) atoms. The van der Waals surface area contributed by atoms with Gasteiger partial charge in [-0.2, -0.15) is 5.26 Å². The molecule has 0 aromatic heterocycles. The molecular weight excluding hydrogens is 226 g/mol. The Hall–Kier alpha value is -1.72. The van der Waals surface area contributed by atoms with Crippen LogP contribution >= 0.6 is 11.8 Å². The van der Waals surface area contributed by atoms with Crippen molar-refractivity contribution < 1.29 is 0 Å². The molecule has 0 heterocycles. The van der Waals surface area contributed by atoms with Crippen LogP contribution in [0.1, 0.15) is 16.7 Å². The van der Waals surface area contributed by atoms with Crippen molar-refractivity contribution in [1.29, 1.82) is 5.26 Å². The molecule has 0 fully saturated rings. The van der Waals surface area contributed by atoms with Gasteiger partial charge < -0.3 is 0 Å². The van der Waals surface area contributed by atoms with Crippen molar-refractivity contribution in [2.45, 2.75) is 23.6 Å². The number of hydrogen-bond donors (Lipinski definition) is 0. The highest BCUT2D eigenvalue weighted by Gasteiger charge is 2.02. The molecule has 0 saturated heterocycles. The van der Waals surface area contributed by atoms with Gasteiger partial charge >= 0.3 is 0 Å². The Balaban J connectivity index is 2.31. The van der Waals surface area contributed by atoms with Crippen molar-refractivity contribution in [2.24, 2.45) is 0 Å². The minimum absolute atomic E-state index is 0.709. The Labute approximate surface area is 106 Å². The van der Waals surface area contributed by atoms with E-state index >= 15 is 0 Å². The molecule has 0 aliphatic heterocycles. The minimum Gasteiger partial charge on any atom is -0.192 e. The monoisotopic (exact) mass is 239 g/mol. The van der Waals surface area contributed by atoms with E-state index in [-0.39, 0.29) is 0 Å². The van der Waals surface area contributed by atoms with E-state index in [9.17, 15) is 0 Å². The Bertz CT molecular complexity index is 582. The van der Waals surface area contributed by atoms with Gasteiger partial charge in [-0.1, -0.05) is 30.0 Å². The maximum absolute atomic E-state index is 8.87. The first-order chi connectivity index (χ1) is 8.19. The van der Waals surface area contributed by atoms with E-state index in [4.69, 9.17) is 5.26 Å². The number of aryl methyl sites for hydroxylation is 2. The van der Waals surface area contributed by atoms with Gasteiger partial charge in [-0.05, 0) is 49.2 Å². The van der Waals surface area contributed by atoms with Crippen LogP contribution in [0, 0.1) is 25.2 Å². The van der Waals surface area contributed by atoms with Crippen LogP contribution in [0.5, 0.6) is 0 Å². The van der Waals surface area contributed by atoms with Crippen molar-refractivity contribution in [3.63, 3.8) is 0 Å². The first kappa shape index (κ1) is 11.8. The Morgan fingerprint density at radius 3 is 2.65 bits per heavy atom. The van der Waals surface area contributed by atoms with Gasteiger partial charge in [0.25, 0.3) is 0 Å². The first-order valence-corrected chi connectivity index (χ1v) is 6.26. The predicted molar refractivity (Wildman–Crippen MR) is 71.2 cm³/mol. The third-order valence-electron chi connectivity index (χ3n) is 2.53. The van der Waals surface area contributed by atoms with Gasteiger partial charge in [0.1, 0.15) is 0 Å². The second kappa shape index (κ2) is 5.07. The molecular formula is C15H13NS. The van der Waals surface area contributed by atoms with Crippen LogP contribution in [0.15, 0.2) is 52.3 Å². The fourth-order valence-corrected chi connectivity index (χ4v) is 2.63. The average molecular weight is 239 g/mol. The molecule has 0 amide bonds. The highest BCUT2D eigenvalue weighted by molar-refractivity contribution is 7.99. The molecule has 0 saturated carbocycles. The fraction of sp³-hybridized carbons (Fsp3) is 0.133. The van der Waals surface area contributed by atoms with Gasteiger partial charge in [0.15, 0.2) is 0 Å². The number of hydrogen-bond acceptors (Lipinski definition) is 2. The van der Waals surface area contributed by atoms with E-state index < -0.39 is 0 Å². The van der Waals surface area contributed by atoms with Gasteiger partial charge in [-0.25, -0.2) is 0 Å². The summed E-state index contributed by atoms with van der Waals surface area (Å²) in [4.78, 5) is 2.36. The largest absolute Gasteiger partial charge is 0.192 e. The quantitative estimate of drug-likeness (QED) is 0.779. The smallest absolute Gasteiger partial charge is 0.0992 e. The molecule has 84 valence electrons. The molecule has 1 nitrogen and oxygen atoms in total. The summed E-state index contributed by atoms with van der Waals surface area (Å²) in [5.74, 6) is 0. The molecule has 0 unspecified atom stereocenters. The molecule has 0 N–H and O–H groups in total. The number of nitriles is 1. The number of nitrogens with zero attached hydrogens (tertiary/aromatic N) is 1. The first-order valence-electron chi connectivity index (χ1n) is 5.44. The van der Waals surface area contributed by atoms with Crippen molar-refractivity contribution in [1.82, 2.24) is 0 Å². The summed E-state index contributed by atoms with van der Waals surface area (Å²) in [6, 6.07) is 16.3. The topological polar surface area (TPSA) is 23.8 Å². The van der Waals surface area contributed by atoms with Gasteiger partial charge in [-0.3, -0.25) is 0 Å². The summed E-state index contributed by atoms with van der Waals surface area (Å²) in [6.45, 7) is 4.20. The summed E-state index contributed by atoms with van der Waals surface area (Å²) in [5.41, 5.74) is 3.23. The van der Waals surface area contributed by atoms with Crippen molar-refractivity contribution in [3.05, 3.63) is 59.2 Å². The highest BCUT2D eigenvalue weighted by Crippen LogP contribution is 2.31. The lowest BCUT2D eigenvalue weighted by Gasteiger charge is -2.06. The minimum atomic E-state index is 0.709. The molecule has 0 aliphatic carbocycles. The van der Waals surface area contributed by atoms with Crippen molar-refractivity contribution in [2.75, 3.05) is 0 Å². The zero-order chi connectivity index (χ0) is 12.3. The Morgan fingerprint density at radius 1 is 1.06 bits per heavy atom. The lowest BCUT2D eigenvalue weighted by atomic mass is 10.2. The van der Waals surface area contributed by atoms with Gasteiger partial charge in [0.2, 0.25) is 0 Å². The third kappa shape index (κ3) is 2.89. The summed E-state index contributed by atoms with van der Waals surface area (Å²) < 4.78 is 0. The zero-order valence-electron chi connectivity index (χ0n) is 9.90. The number of rotatable bonds is 2. The van der Waals surface area contributed by atoms with Crippen molar-refractivity contribution >= 4 is 11.8 Å². The molecule has 2 aromatic rings. The van der Waals surface area contributed by atoms with Gasteiger partial charge in [0, 0.05) is 9.79 Å². The van der Waals surface area contributed by atoms with Gasteiger partial charge in [0.05, 0.1) is 11.6 Å². The van der Waals surface area contributed by atoms with E-state index in [0.29, 0.717) is 5.56 Å². The second-order valence-electron chi connectivity index (χ2n) is 4.01. The van der Waals surface area contributed by atoms with Crippen LogP contribution in [0.3, 0.4) is 0 Å². The molecule has 0 spiro atoms. The standard InChI is InChI=1S/C15H13NS/c1-11-6-7-12(2)15(8-11)17-14-5-3-4-13(9-14)10-16/h3-9H,1-2H3. The van der Waals surface area contributed by atoms with Crippen LogP contribution in [0.2, 0.25) is 0 Å². The summed E-state index contributed by atoms with van der Waals surface area (Å²) in [5, 5.41) is 8.87. The molecule has 2 heteroatoms. The number of benzene rings is 2. The van der Waals surface area contributed by atoms with E-state index in [1.165, 1.54) is 16.0 Å². The maximum Gasteiger partial charge on any atom is 0.0992 e. The molecule has 0 radical (unpaired) electrons.